The maximum atomic E-state index is 15.2. The number of carbonyl (C=O) groups is 1. The van der Waals surface area contributed by atoms with Crippen LogP contribution in [-0.4, -0.2) is 39.0 Å². The van der Waals surface area contributed by atoms with Crippen LogP contribution in [0.25, 0.3) is 11.1 Å². The van der Waals surface area contributed by atoms with Gasteiger partial charge in [0, 0.05) is 24.0 Å². The lowest BCUT2D eigenvalue weighted by molar-refractivity contribution is -0.141. The average Bonchev–Trinajstić information content (AvgIpc) is 3.56. The number of fused-ring (bicyclic) bond motifs is 1. The van der Waals surface area contributed by atoms with Gasteiger partial charge in [-0.25, -0.2) is 4.39 Å². The molecule has 0 saturated carbocycles. The Labute approximate surface area is 216 Å². The Morgan fingerprint density at radius 2 is 1.97 bits per heavy atom. The predicted octanol–water partition coefficient (Wildman–Crippen LogP) is 5.90. The molecule has 37 heavy (non-hydrogen) atoms. The standard InChI is InChI=1S/C30H31FO6/c1-18-11-27(37-24-9-10-34-17-24)30(31)19(2)29(18)21-6-4-5-20(12-21)15-35-23-7-8-25-22(13-28(32)33-3)16-36-26(25)14-23/h4-8,11-12,14,22,24H,9-10,13,15-17H2,1-3H3. The molecular formula is C30H31FO6. The van der Waals surface area contributed by atoms with Gasteiger partial charge in [0.1, 0.15) is 24.2 Å². The summed E-state index contributed by atoms with van der Waals surface area (Å²) in [7, 11) is 1.39. The molecule has 7 heteroatoms. The van der Waals surface area contributed by atoms with Crippen molar-refractivity contribution in [3.63, 3.8) is 0 Å². The fraction of sp³-hybridized carbons (Fsp3) is 0.367. The zero-order chi connectivity index (χ0) is 25.9. The Kier molecular flexibility index (Phi) is 7.33. The molecule has 2 atom stereocenters. The van der Waals surface area contributed by atoms with Crippen LogP contribution < -0.4 is 14.2 Å². The first-order valence-electron chi connectivity index (χ1n) is 12.5. The molecule has 0 spiro atoms. The van der Waals surface area contributed by atoms with Crippen molar-refractivity contribution in [2.45, 2.75) is 45.3 Å². The van der Waals surface area contributed by atoms with Gasteiger partial charge in [-0.3, -0.25) is 4.79 Å². The third-order valence-corrected chi connectivity index (χ3v) is 6.97. The van der Waals surface area contributed by atoms with Crippen LogP contribution in [-0.2, 0) is 20.9 Å². The molecular weight excluding hydrogens is 475 g/mol. The first-order chi connectivity index (χ1) is 17.9. The van der Waals surface area contributed by atoms with E-state index in [-0.39, 0.29) is 36.0 Å². The molecule has 1 saturated heterocycles. The monoisotopic (exact) mass is 506 g/mol. The number of ether oxygens (including phenoxy) is 5. The summed E-state index contributed by atoms with van der Waals surface area (Å²) in [6.07, 6.45) is 0.951. The van der Waals surface area contributed by atoms with Gasteiger partial charge in [0.15, 0.2) is 11.6 Å². The van der Waals surface area contributed by atoms with Crippen LogP contribution in [0.4, 0.5) is 4.39 Å². The number of esters is 1. The van der Waals surface area contributed by atoms with E-state index >= 15 is 4.39 Å². The first-order valence-corrected chi connectivity index (χ1v) is 12.5. The van der Waals surface area contributed by atoms with Crippen LogP contribution in [0.2, 0.25) is 0 Å². The second-order valence-corrected chi connectivity index (χ2v) is 9.59. The summed E-state index contributed by atoms with van der Waals surface area (Å²) in [6, 6.07) is 15.4. The molecule has 6 nitrogen and oxygen atoms in total. The Morgan fingerprint density at radius 1 is 1.11 bits per heavy atom. The van der Waals surface area contributed by atoms with Crippen LogP contribution >= 0.6 is 0 Å². The van der Waals surface area contributed by atoms with Gasteiger partial charge >= 0.3 is 5.97 Å². The topological polar surface area (TPSA) is 63.2 Å². The summed E-state index contributed by atoms with van der Waals surface area (Å²) in [5, 5.41) is 0. The maximum Gasteiger partial charge on any atom is 0.306 e. The SMILES string of the molecule is COC(=O)CC1COc2cc(OCc3cccc(-c4c(C)cc(OC5CCOC5)c(F)c4C)c3)ccc21. The van der Waals surface area contributed by atoms with Crippen molar-refractivity contribution in [3.8, 4) is 28.4 Å². The number of benzene rings is 3. The van der Waals surface area contributed by atoms with Crippen molar-refractivity contribution < 1.29 is 32.9 Å². The van der Waals surface area contributed by atoms with E-state index in [1.807, 2.05) is 49.4 Å². The van der Waals surface area contributed by atoms with Crippen LogP contribution in [0.3, 0.4) is 0 Å². The molecule has 0 bridgehead atoms. The molecule has 2 unspecified atom stereocenters. The van der Waals surface area contributed by atoms with Crippen molar-refractivity contribution >= 4 is 5.97 Å². The van der Waals surface area contributed by atoms with Gasteiger partial charge < -0.3 is 23.7 Å². The van der Waals surface area contributed by atoms with Crippen LogP contribution in [0.1, 0.15) is 41.0 Å². The normalized spacial score (nSPS) is 18.3. The molecule has 5 rings (SSSR count). The van der Waals surface area contributed by atoms with E-state index in [0.29, 0.717) is 37.7 Å². The summed E-state index contributed by atoms with van der Waals surface area (Å²) in [6.45, 7) is 5.69. The molecule has 3 aromatic carbocycles. The highest BCUT2D eigenvalue weighted by Crippen LogP contribution is 2.39. The van der Waals surface area contributed by atoms with Gasteiger partial charge in [-0.1, -0.05) is 24.3 Å². The molecule has 2 heterocycles. The third kappa shape index (κ3) is 5.42. The minimum absolute atomic E-state index is 0.0108. The Morgan fingerprint density at radius 3 is 2.76 bits per heavy atom. The van der Waals surface area contributed by atoms with E-state index in [2.05, 4.69) is 0 Å². The summed E-state index contributed by atoms with van der Waals surface area (Å²) in [4.78, 5) is 11.6. The van der Waals surface area contributed by atoms with E-state index in [1.54, 1.807) is 13.0 Å². The molecule has 3 aromatic rings. The summed E-state index contributed by atoms with van der Waals surface area (Å²) in [5.41, 5.74) is 5.24. The van der Waals surface area contributed by atoms with Crippen molar-refractivity contribution in [2.75, 3.05) is 26.9 Å². The highest BCUT2D eigenvalue weighted by molar-refractivity contribution is 5.73. The van der Waals surface area contributed by atoms with Gasteiger partial charge in [0.05, 0.1) is 33.4 Å². The predicted molar refractivity (Wildman–Crippen MR) is 137 cm³/mol. The lowest BCUT2D eigenvalue weighted by atomic mass is 9.94. The summed E-state index contributed by atoms with van der Waals surface area (Å²) >= 11 is 0. The molecule has 194 valence electrons. The minimum atomic E-state index is -0.335. The van der Waals surface area contributed by atoms with Crippen LogP contribution in [0.5, 0.6) is 17.2 Å². The van der Waals surface area contributed by atoms with Gasteiger partial charge in [-0.2, -0.15) is 0 Å². The fourth-order valence-corrected chi connectivity index (χ4v) is 5.02. The van der Waals surface area contributed by atoms with Gasteiger partial charge in [-0.15, -0.1) is 0 Å². The highest BCUT2D eigenvalue weighted by atomic mass is 19.1. The fourth-order valence-electron chi connectivity index (χ4n) is 5.02. The molecule has 2 aliphatic heterocycles. The average molecular weight is 507 g/mol. The van der Waals surface area contributed by atoms with E-state index in [9.17, 15) is 4.79 Å². The quantitative estimate of drug-likeness (QED) is 0.355. The molecule has 0 N–H and O–H groups in total. The Balaban J connectivity index is 1.29. The van der Waals surface area contributed by atoms with Gasteiger partial charge in [0.2, 0.25) is 0 Å². The molecule has 2 aliphatic rings. The van der Waals surface area contributed by atoms with E-state index in [1.165, 1.54) is 7.11 Å². The molecule has 1 fully saturated rings. The largest absolute Gasteiger partial charge is 0.492 e. The summed E-state index contributed by atoms with van der Waals surface area (Å²) in [5.74, 6) is 1.09. The van der Waals surface area contributed by atoms with Gasteiger partial charge in [0.25, 0.3) is 0 Å². The Hall–Kier alpha value is -3.58. The molecule has 0 radical (unpaired) electrons. The smallest absolute Gasteiger partial charge is 0.306 e. The molecule has 0 amide bonds. The zero-order valence-electron chi connectivity index (χ0n) is 21.3. The van der Waals surface area contributed by atoms with Crippen LogP contribution in [0.15, 0.2) is 48.5 Å². The number of aryl methyl sites for hydroxylation is 1. The van der Waals surface area contributed by atoms with Crippen LogP contribution in [0, 0.1) is 19.7 Å². The lowest BCUT2D eigenvalue weighted by Crippen LogP contribution is -2.17. The van der Waals surface area contributed by atoms with Gasteiger partial charge in [-0.05, 0) is 59.9 Å². The molecule has 0 aromatic heterocycles. The maximum absolute atomic E-state index is 15.2. The second-order valence-electron chi connectivity index (χ2n) is 9.59. The highest BCUT2D eigenvalue weighted by Gasteiger charge is 2.27. The van der Waals surface area contributed by atoms with Crippen molar-refractivity contribution in [3.05, 3.63) is 76.6 Å². The molecule has 0 aliphatic carbocycles. The van der Waals surface area contributed by atoms with Crippen molar-refractivity contribution in [2.24, 2.45) is 0 Å². The van der Waals surface area contributed by atoms with E-state index in [4.69, 9.17) is 23.7 Å². The number of methoxy groups -OCH3 is 1. The number of rotatable bonds is 8. The third-order valence-electron chi connectivity index (χ3n) is 6.97. The minimum Gasteiger partial charge on any atom is -0.492 e. The number of carbonyl (C=O) groups excluding carboxylic acids is 1. The number of halogens is 1. The van der Waals surface area contributed by atoms with E-state index < -0.39 is 0 Å². The van der Waals surface area contributed by atoms with Crippen molar-refractivity contribution in [1.29, 1.82) is 0 Å². The lowest BCUT2D eigenvalue weighted by Gasteiger charge is -2.18. The van der Waals surface area contributed by atoms with Crippen molar-refractivity contribution in [1.82, 2.24) is 0 Å². The Bertz CT molecular complexity index is 1300. The first kappa shape index (κ1) is 25.1. The summed E-state index contributed by atoms with van der Waals surface area (Å²) < 4.78 is 43.1. The van der Waals surface area contributed by atoms with E-state index in [0.717, 1.165) is 40.0 Å². The number of hydrogen-bond donors (Lipinski definition) is 0. The number of hydrogen-bond acceptors (Lipinski definition) is 6. The second kappa shape index (κ2) is 10.8. The zero-order valence-corrected chi connectivity index (χ0v) is 21.3.